The number of rotatable bonds is 11. The quantitative estimate of drug-likeness (QED) is 0.181. The zero-order valence-corrected chi connectivity index (χ0v) is 24.0. The van der Waals surface area contributed by atoms with Crippen molar-refractivity contribution < 1.29 is 18.7 Å². The van der Waals surface area contributed by atoms with E-state index in [2.05, 4.69) is 17.2 Å². The number of aromatic nitrogens is 1. The van der Waals surface area contributed by atoms with Crippen LogP contribution < -0.4 is 15.0 Å². The topological polar surface area (TPSA) is 74.4 Å². The minimum absolute atomic E-state index is 0.0377. The van der Waals surface area contributed by atoms with E-state index < -0.39 is 11.9 Å². The van der Waals surface area contributed by atoms with E-state index in [0.717, 1.165) is 56.2 Å². The predicted octanol–water partition coefficient (Wildman–Crippen LogP) is 7.84. The first kappa shape index (κ1) is 29.1. The van der Waals surface area contributed by atoms with Gasteiger partial charge in [0.15, 0.2) is 0 Å². The number of aromatic amines is 1. The Morgan fingerprint density at radius 3 is 2.33 bits per heavy atom. The second-order valence-electron chi connectivity index (χ2n) is 10.8. The number of nitrogens with zero attached hydrogens (tertiary/aromatic N) is 1. The normalized spacial score (nSPS) is 14.2. The van der Waals surface area contributed by atoms with E-state index in [9.17, 15) is 14.0 Å². The number of unbranched alkanes of at least 4 members (excludes halogenated alkanes) is 1. The molecule has 1 aromatic heterocycles. The number of nitrogens with one attached hydrogen (secondary N) is 2. The molecule has 3 aromatic carbocycles. The van der Waals surface area contributed by atoms with Crippen LogP contribution in [0.2, 0.25) is 0 Å². The third-order valence-electron chi connectivity index (χ3n) is 7.75. The number of ether oxygens (including phenoxy) is 1. The van der Waals surface area contributed by atoms with Crippen LogP contribution in [0.3, 0.4) is 0 Å². The maximum Gasteiger partial charge on any atom is 0.275 e. The summed E-state index contributed by atoms with van der Waals surface area (Å²) in [5.41, 5.74) is 3.14. The molecule has 0 aliphatic heterocycles. The largest absolute Gasteiger partial charge is 0.494 e. The van der Waals surface area contributed by atoms with Gasteiger partial charge < -0.3 is 15.0 Å². The maximum atomic E-state index is 14.4. The van der Waals surface area contributed by atoms with Gasteiger partial charge in [0.2, 0.25) is 5.91 Å². The summed E-state index contributed by atoms with van der Waals surface area (Å²) in [6, 6.07) is 25.4. The monoisotopic (exact) mass is 567 g/mol. The van der Waals surface area contributed by atoms with Crippen molar-refractivity contribution in [3.05, 3.63) is 108 Å². The molecule has 7 heteroatoms. The predicted molar refractivity (Wildman–Crippen MR) is 164 cm³/mol. The van der Waals surface area contributed by atoms with Gasteiger partial charge in [-0.2, -0.15) is 0 Å². The molecule has 2 N–H and O–H groups in total. The van der Waals surface area contributed by atoms with Gasteiger partial charge in [0.1, 0.15) is 23.3 Å². The molecule has 218 valence electrons. The first-order valence-corrected chi connectivity index (χ1v) is 14.9. The van der Waals surface area contributed by atoms with Crippen molar-refractivity contribution in [1.82, 2.24) is 10.3 Å². The number of carbonyl (C=O) groups excluding carboxylic acids is 2. The van der Waals surface area contributed by atoms with Crippen molar-refractivity contribution in [1.29, 1.82) is 0 Å². The van der Waals surface area contributed by atoms with Crippen molar-refractivity contribution in [2.75, 3.05) is 11.5 Å². The highest BCUT2D eigenvalue weighted by molar-refractivity contribution is 6.09. The lowest BCUT2D eigenvalue weighted by Crippen LogP contribution is -2.47. The molecule has 1 atom stereocenters. The van der Waals surface area contributed by atoms with Gasteiger partial charge in [0, 0.05) is 17.4 Å². The molecule has 42 heavy (non-hydrogen) atoms. The number of halogens is 1. The average molecular weight is 568 g/mol. The SMILES string of the molecule is CCCCOc1ccc(N(C(=O)c2ccc(-c3ccccc3)[nH]2)[C@H](C(=O)NC2CCCCC2)c2ccc(F)cc2)cc1. The molecule has 1 heterocycles. The highest BCUT2D eigenvalue weighted by Crippen LogP contribution is 2.32. The second-order valence-corrected chi connectivity index (χ2v) is 10.8. The summed E-state index contributed by atoms with van der Waals surface area (Å²) in [4.78, 5) is 33.2. The lowest BCUT2D eigenvalue weighted by atomic mass is 9.94. The van der Waals surface area contributed by atoms with Crippen LogP contribution in [0.1, 0.15) is 74.0 Å². The molecule has 1 saturated carbocycles. The van der Waals surface area contributed by atoms with Gasteiger partial charge in [-0.05, 0) is 78.9 Å². The summed E-state index contributed by atoms with van der Waals surface area (Å²) in [7, 11) is 0. The minimum atomic E-state index is -1.02. The smallest absolute Gasteiger partial charge is 0.275 e. The van der Waals surface area contributed by atoms with E-state index in [1.54, 1.807) is 30.3 Å². The average Bonchev–Trinajstić information content (AvgIpc) is 3.52. The fraction of sp³-hybridized carbons (Fsp3) is 0.314. The first-order valence-electron chi connectivity index (χ1n) is 14.9. The highest BCUT2D eigenvalue weighted by Gasteiger charge is 2.35. The summed E-state index contributed by atoms with van der Waals surface area (Å²) in [5.74, 6) is -0.380. The van der Waals surface area contributed by atoms with E-state index in [0.29, 0.717) is 29.3 Å². The molecule has 0 unspecified atom stereocenters. The molecule has 5 rings (SSSR count). The molecular weight excluding hydrogens is 529 g/mol. The molecular formula is C35H38FN3O3. The number of anilines is 1. The van der Waals surface area contributed by atoms with Crippen LogP contribution in [0.4, 0.5) is 10.1 Å². The van der Waals surface area contributed by atoms with Crippen LogP contribution in [0.5, 0.6) is 5.75 Å². The molecule has 0 bridgehead atoms. The number of benzene rings is 3. The van der Waals surface area contributed by atoms with Crippen molar-refractivity contribution >= 4 is 17.5 Å². The Hall–Kier alpha value is -4.39. The van der Waals surface area contributed by atoms with Crippen LogP contribution in [0, 0.1) is 5.82 Å². The van der Waals surface area contributed by atoms with E-state index >= 15 is 0 Å². The second kappa shape index (κ2) is 14.0. The highest BCUT2D eigenvalue weighted by atomic mass is 19.1. The minimum Gasteiger partial charge on any atom is -0.494 e. The Kier molecular flexibility index (Phi) is 9.70. The van der Waals surface area contributed by atoms with E-state index in [1.165, 1.54) is 17.0 Å². The Morgan fingerprint density at radius 2 is 1.64 bits per heavy atom. The summed E-state index contributed by atoms with van der Waals surface area (Å²) in [6.07, 6.45) is 7.03. The summed E-state index contributed by atoms with van der Waals surface area (Å²) in [6.45, 7) is 2.71. The third kappa shape index (κ3) is 7.08. The number of carbonyl (C=O) groups is 2. The Labute approximate surface area is 246 Å². The van der Waals surface area contributed by atoms with Gasteiger partial charge >= 0.3 is 0 Å². The van der Waals surface area contributed by atoms with Gasteiger partial charge in [-0.3, -0.25) is 14.5 Å². The van der Waals surface area contributed by atoms with Crippen molar-refractivity contribution in [2.24, 2.45) is 0 Å². The molecule has 6 nitrogen and oxygen atoms in total. The van der Waals surface area contributed by atoms with Crippen molar-refractivity contribution in [2.45, 2.75) is 64.0 Å². The first-order chi connectivity index (χ1) is 20.5. The van der Waals surface area contributed by atoms with Crippen LogP contribution >= 0.6 is 0 Å². The Morgan fingerprint density at radius 1 is 0.929 bits per heavy atom. The van der Waals surface area contributed by atoms with Crippen LogP contribution in [-0.2, 0) is 4.79 Å². The molecule has 1 fully saturated rings. The Balaban J connectivity index is 1.54. The van der Waals surface area contributed by atoms with E-state index in [-0.39, 0.29) is 17.9 Å². The zero-order chi connectivity index (χ0) is 29.3. The van der Waals surface area contributed by atoms with Crippen LogP contribution in [-0.4, -0.2) is 29.4 Å². The number of amides is 2. The molecule has 1 aliphatic carbocycles. The lowest BCUT2D eigenvalue weighted by molar-refractivity contribution is -0.123. The summed E-state index contributed by atoms with van der Waals surface area (Å²) >= 11 is 0. The zero-order valence-electron chi connectivity index (χ0n) is 24.0. The fourth-order valence-corrected chi connectivity index (χ4v) is 5.45. The van der Waals surface area contributed by atoms with Gasteiger partial charge in [-0.25, -0.2) is 4.39 Å². The maximum absolute atomic E-state index is 14.4. The standard InChI is InChI=1S/C35H38FN3O3/c1-2-3-24-42-30-20-18-29(19-21-30)39(35(41)32-23-22-31(38-32)25-10-6-4-7-11-25)33(26-14-16-27(36)17-15-26)34(40)37-28-12-8-5-9-13-28/h4,6-7,10-11,14-23,28,33,38H,2-3,5,8-9,12-13,24H2,1H3,(H,37,40)/t33-/m0/s1. The van der Waals surface area contributed by atoms with Crippen LogP contribution in [0.15, 0.2) is 91.0 Å². The van der Waals surface area contributed by atoms with Crippen molar-refractivity contribution in [3.8, 4) is 17.0 Å². The number of H-pyrrole nitrogens is 1. The van der Waals surface area contributed by atoms with Gasteiger partial charge in [0.25, 0.3) is 5.91 Å². The number of hydrogen-bond acceptors (Lipinski definition) is 3. The van der Waals surface area contributed by atoms with Gasteiger partial charge in [-0.15, -0.1) is 0 Å². The molecule has 4 aromatic rings. The van der Waals surface area contributed by atoms with Crippen LogP contribution in [0.25, 0.3) is 11.3 Å². The number of hydrogen-bond donors (Lipinski definition) is 2. The molecule has 0 radical (unpaired) electrons. The van der Waals surface area contributed by atoms with E-state index in [4.69, 9.17) is 4.74 Å². The molecule has 0 spiro atoms. The van der Waals surface area contributed by atoms with E-state index in [1.807, 2.05) is 48.5 Å². The molecule has 1 aliphatic rings. The lowest BCUT2D eigenvalue weighted by Gasteiger charge is -2.33. The third-order valence-corrected chi connectivity index (χ3v) is 7.75. The molecule has 2 amide bonds. The summed E-state index contributed by atoms with van der Waals surface area (Å²) in [5, 5.41) is 3.20. The fourth-order valence-electron chi connectivity index (χ4n) is 5.45. The van der Waals surface area contributed by atoms with Gasteiger partial charge in [-0.1, -0.05) is 75.1 Å². The Bertz CT molecular complexity index is 1450. The van der Waals surface area contributed by atoms with Crippen molar-refractivity contribution in [3.63, 3.8) is 0 Å². The summed E-state index contributed by atoms with van der Waals surface area (Å²) < 4.78 is 19.9. The van der Waals surface area contributed by atoms with Gasteiger partial charge in [0.05, 0.1) is 6.61 Å². The molecule has 0 saturated heterocycles.